The normalized spacial score (nSPS) is 23.1. The van der Waals surface area contributed by atoms with Gasteiger partial charge in [-0.05, 0) is 67.7 Å². The molecule has 8 nitrogen and oxygen atoms in total. The Morgan fingerprint density at radius 3 is 2.56 bits per heavy atom. The van der Waals surface area contributed by atoms with Gasteiger partial charge in [0.05, 0.1) is 37.2 Å². The lowest BCUT2D eigenvalue weighted by Crippen LogP contribution is -2.36. The molecule has 8 heteroatoms. The molecular weight excluding hydrogens is 494 g/mol. The molecule has 1 amide bonds. The fourth-order valence-corrected chi connectivity index (χ4v) is 6.85. The van der Waals surface area contributed by atoms with Crippen molar-refractivity contribution in [2.45, 2.75) is 69.9 Å². The highest BCUT2D eigenvalue weighted by atomic mass is 16.5. The Balaban J connectivity index is 1.46. The molecule has 1 atom stereocenters. The van der Waals surface area contributed by atoms with Crippen LogP contribution in [0.1, 0.15) is 72.0 Å². The Hall–Kier alpha value is -3.39. The molecule has 0 radical (unpaired) electrons. The van der Waals surface area contributed by atoms with E-state index < -0.39 is 5.97 Å². The summed E-state index contributed by atoms with van der Waals surface area (Å²) in [5.41, 5.74) is 7.15. The fraction of sp³-hybridized carbons (Fsp3) is 0.516. The number of amides is 1. The number of aryl methyl sites for hydroxylation is 2. The van der Waals surface area contributed by atoms with Gasteiger partial charge in [-0.2, -0.15) is 0 Å². The Labute approximate surface area is 228 Å². The van der Waals surface area contributed by atoms with E-state index in [2.05, 4.69) is 34.9 Å². The van der Waals surface area contributed by atoms with Crippen LogP contribution in [0.5, 0.6) is 0 Å². The molecule has 39 heavy (non-hydrogen) atoms. The van der Waals surface area contributed by atoms with Gasteiger partial charge in [0.25, 0.3) is 0 Å². The number of benzene rings is 2. The Kier molecular flexibility index (Phi) is 7.30. The van der Waals surface area contributed by atoms with Crippen molar-refractivity contribution in [3.63, 3.8) is 0 Å². The Morgan fingerprint density at radius 2 is 1.87 bits per heavy atom. The van der Waals surface area contributed by atoms with Crippen LogP contribution in [0.3, 0.4) is 0 Å². The van der Waals surface area contributed by atoms with Crippen LogP contribution in [-0.2, 0) is 40.2 Å². The average molecular weight is 532 g/mol. The third-order valence-corrected chi connectivity index (χ3v) is 9.02. The minimum atomic E-state index is -0.688. The number of aromatic nitrogens is 2. The molecule has 1 N–H and O–H groups in total. The van der Waals surface area contributed by atoms with E-state index in [4.69, 9.17) is 14.5 Å². The van der Waals surface area contributed by atoms with E-state index in [1.54, 1.807) is 4.90 Å². The second-order valence-corrected chi connectivity index (χ2v) is 11.2. The van der Waals surface area contributed by atoms with E-state index in [9.17, 15) is 14.7 Å². The number of carbonyl (C=O) groups excluding carboxylic acids is 1. The summed E-state index contributed by atoms with van der Waals surface area (Å²) in [4.78, 5) is 31.3. The van der Waals surface area contributed by atoms with E-state index in [1.807, 2.05) is 6.07 Å². The first-order valence-electron chi connectivity index (χ1n) is 14.3. The van der Waals surface area contributed by atoms with E-state index >= 15 is 0 Å². The summed E-state index contributed by atoms with van der Waals surface area (Å²) in [7, 11) is 1.43. The van der Waals surface area contributed by atoms with Crippen molar-refractivity contribution >= 4 is 23.1 Å². The monoisotopic (exact) mass is 531 g/mol. The van der Waals surface area contributed by atoms with Gasteiger partial charge in [-0.25, -0.2) is 9.78 Å². The average Bonchev–Trinajstić information content (AvgIpc) is 3.64. The van der Waals surface area contributed by atoms with Crippen LogP contribution in [0, 0.1) is 5.92 Å². The van der Waals surface area contributed by atoms with Crippen molar-refractivity contribution in [3.05, 3.63) is 64.5 Å². The van der Waals surface area contributed by atoms with Crippen molar-refractivity contribution in [1.29, 1.82) is 0 Å². The second kappa shape index (κ2) is 11.0. The number of hydrogen-bond donors (Lipinski definition) is 1. The van der Waals surface area contributed by atoms with E-state index in [-0.39, 0.29) is 17.9 Å². The molecule has 6 rings (SSSR count). The lowest BCUT2D eigenvalue weighted by molar-refractivity contribution is -0.142. The van der Waals surface area contributed by atoms with Crippen molar-refractivity contribution in [1.82, 2.24) is 14.5 Å². The third kappa shape index (κ3) is 5.02. The maximum absolute atomic E-state index is 12.5. The van der Waals surface area contributed by atoms with Crippen LogP contribution in [0.4, 0.5) is 4.79 Å². The van der Waals surface area contributed by atoms with E-state index in [1.165, 1.54) is 23.8 Å². The van der Waals surface area contributed by atoms with Gasteiger partial charge < -0.3 is 24.0 Å². The Bertz CT molecular complexity index is 1350. The summed E-state index contributed by atoms with van der Waals surface area (Å²) in [5, 5.41) is 9.56. The highest BCUT2D eigenvalue weighted by Gasteiger charge is 2.34. The molecule has 1 aliphatic carbocycles. The van der Waals surface area contributed by atoms with Gasteiger partial charge >= 0.3 is 12.1 Å². The molecule has 206 valence electrons. The molecule has 0 unspecified atom stereocenters. The van der Waals surface area contributed by atoms with Crippen LogP contribution in [0.25, 0.3) is 11.0 Å². The number of imidazole rings is 1. The second-order valence-electron chi connectivity index (χ2n) is 11.2. The molecule has 0 bridgehead atoms. The molecule has 2 aromatic carbocycles. The highest BCUT2D eigenvalue weighted by Crippen LogP contribution is 2.41. The first kappa shape index (κ1) is 25.9. The largest absolute Gasteiger partial charge is 0.481 e. The maximum Gasteiger partial charge on any atom is 0.409 e. The summed E-state index contributed by atoms with van der Waals surface area (Å²) >= 11 is 0. The summed E-state index contributed by atoms with van der Waals surface area (Å²) in [6, 6.07) is 12.9. The number of rotatable bonds is 6. The van der Waals surface area contributed by atoms with Crippen molar-refractivity contribution in [2.24, 2.45) is 5.92 Å². The predicted octanol–water partition coefficient (Wildman–Crippen LogP) is 5.27. The molecule has 2 fully saturated rings. The fourth-order valence-electron chi connectivity index (χ4n) is 6.85. The van der Waals surface area contributed by atoms with Crippen LogP contribution >= 0.6 is 0 Å². The number of aliphatic carboxylic acids is 1. The van der Waals surface area contributed by atoms with Gasteiger partial charge in [0.1, 0.15) is 5.82 Å². The van der Waals surface area contributed by atoms with Gasteiger partial charge in [0.2, 0.25) is 0 Å². The number of methoxy groups -OCH3 is 1. The number of fused-ring (bicyclic) bond motifs is 3. The van der Waals surface area contributed by atoms with Crippen LogP contribution in [0.2, 0.25) is 0 Å². The lowest BCUT2D eigenvalue weighted by Gasteiger charge is -2.30. The minimum absolute atomic E-state index is 0.220. The smallest absolute Gasteiger partial charge is 0.409 e. The molecular formula is C31H37N3O5. The van der Waals surface area contributed by atoms with Crippen LogP contribution < -0.4 is 0 Å². The molecule has 1 aromatic heterocycles. The quantitative estimate of drug-likeness (QED) is 0.466. The number of carboxylic acids is 1. The first-order valence-corrected chi connectivity index (χ1v) is 14.3. The number of nitrogens with zero attached hydrogens (tertiary/aromatic N) is 3. The Morgan fingerprint density at radius 1 is 1.08 bits per heavy atom. The van der Waals surface area contributed by atoms with Gasteiger partial charge in [-0.15, -0.1) is 0 Å². The standard InChI is InChI=1S/C31H37N3O5/c1-38-31(37)33-14-12-24-25(23-13-16-39-19-23)17-27-28(26(24)18-33)32-29(21-7-9-22(10-8-21)30(35)36)34(27)15-11-20-5-3-2-4-6-20/h2-6,17,21-23H,7-16,18-19H2,1H3,(H,35,36)/t21?,22?,23-/m1/s1. The minimum Gasteiger partial charge on any atom is -0.481 e. The zero-order chi connectivity index (χ0) is 26.9. The number of ether oxygens (including phenoxy) is 2. The van der Waals surface area contributed by atoms with Crippen LogP contribution in [-0.4, -0.2) is 58.5 Å². The number of carboxylic acid groups (broad SMARTS) is 1. The molecule has 1 saturated heterocycles. The maximum atomic E-state index is 12.5. The summed E-state index contributed by atoms with van der Waals surface area (Å²) in [5.74, 6) is 0.671. The van der Waals surface area contributed by atoms with E-state index in [0.29, 0.717) is 31.8 Å². The molecule has 3 aromatic rings. The summed E-state index contributed by atoms with van der Waals surface area (Å²) in [6.45, 7) is 3.42. The lowest BCUT2D eigenvalue weighted by atomic mass is 9.81. The zero-order valence-electron chi connectivity index (χ0n) is 22.6. The number of hydrogen-bond acceptors (Lipinski definition) is 5. The number of carbonyl (C=O) groups is 2. The third-order valence-electron chi connectivity index (χ3n) is 9.02. The van der Waals surface area contributed by atoms with Crippen LogP contribution in [0.15, 0.2) is 36.4 Å². The van der Waals surface area contributed by atoms with Crippen molar-refractivity contribution in [3.8, 4) is 0 Å². The van der Waals surface area contributed by atoms with Crippen molar-refractivity contribution < 1.29 is 24.2 Å². The van der Waals surface area contributed by atoms with Crippen molar-refractivity contribution in [2.75, 3.05) is 26.9 Å². The topological polar surface area (TPSA) is 93.9 Å². The summed E-state index contributed by atoms with van der Waals surface area (Å²) in [6.07, 6.45) is 5.37. The zero-order valence-corrected chi connectivity index (χ0v) is 22.6. The SMILES string of the molecule is COC(=O)N1CCc2c([C@@H]3CCOC3)cc3c(nc(C4CCC(C(=O)O)CC4)n3CCc3ccccc3)c2C1. The van der Waals surface area contributed by atoms with E-state index in [0.717, 1.165) is 74.3 Å². The highest BCUT2D eigenvalue weighted by molar-refractivity contribution is 5.84. The molecule has 3 aliphatic rings. The molecule has 2 aliphatic heterocycles. The molecule has 1 saturated carbocycles. The van der Waals surface area contributed by atoms with Gasteiger partial charge in [0, 0.05) is 37.1 Å². The molecule has 0 spiro atoms. The molecule has 3 heterocycles. The first-order chi connectivity index (χ1) is 19.0. The summed E-state index contributed by atoms with van der Waals surface area (Å²) < 4.78 is 13.3. The van der Waals surface area contributed by atoms with Gasteiger partial charge in [-0.1, -0.05) is 30.3 Å². The predicted molar refractivity (Wildman–Crippen MR) is 147 cm³/mol. The van der Waals surface area contributed by atoms with Gasteiger partial charge in [0.15, 0.2) is 0 Å². The van der Waals surface area contributed by atoms with Gasteiger partial charge in [-0.3, -0.25) is 4.79 Å².